The van der Waals surface area contributed by atoms with E-state index in [-0.39, 0.29) is 0 Å². The zero-order valence-electron chi connectivity index (χ0n) is 13.6. The lowest BCUT2D eigenvalue weighted by molar-refractivity contribution is 0.350. The Balaban J connectivity index is 1.48. The summed E-state index contributed by atoms with van der Waals surface area (Å²) in [6.07, 6.45) is 4.97. The fraction of sp³-hybridized carbons (Fsp3) is 0.389. The summed E-state index contributed by atoms with van der Waals surface area (Å²) in [5.41, 5.74) is 2.95. The Morgan fingerprint density at radius 3 is 2.61 bits per heavy atom. The van der Waals surface area contributed by atoms with Crippen LogP contribution in [0.2, 0.25) is 0 Å². The van der Waals surface area contributed by atoms with Gasteiger partial charge in [-0.25, -0.2) is 15.0 Å². The van der Waals surface area contributed by atoms with E-state index in [4.69, 9.17) is 4.98 Å². The summed E-state index contributed by atoms with van der Waals surface area (Å²) in [6, 6.07) is 8.07. The molecule has 0 N–H and O–H groups in total. The monoisotopic (exact) mass is 307 g/mol. The number of anilines is 1. The van der Waals surface area contributed by atoms with Crippen LogP contribution in [0.4, 0.5) is 5.82 Å². The van der Waals surface area contributed by atoms with Crippen LogP contribution in [0.25, 0.3) is 11.0 Å². The second-order valence-corrected chi connectivity index (χ2v) is 6.24. The van der Waals surface area contributed by atoms with Crippen molar-refractivity contribution < 1.29 is 0 Å². The van der Waals surface area contributed by atoms with Crippen LogP contribution in [0.1, 0.15) is 18.4 Å². The lowest BCUT2D eigenvalue weighted by Gasteiger charge is -2.41. The molecule has 0 amide bonds. The van der Waals surface area contributed by atoms with Crippen LogP contribution in [-0.4, -0.2) is 32.6 Å². The van der Waals surface area contributed by atoms with Gasteiger partial charge in [0, 0.05) is 44.4 Å². The number of fused-ring (bicyclic) bond motifs is 1. The van der Waals surface area contributed by atoms with Crippen LogP contribution >= 0.6 is 0 Å². The molecule has 0 atom stereocenters. The first kappa shape index (κ1) is 14.2. The normalized spacial score (nSPS) is 15.1. The van der Waals surface area contributed by atoms with Crippen molar-refractivity contribution >= 4 is 16.9 Å². The second kappa shape index (κ2) is 5.65. The number of hydrogen-bond acceptors (Lipinski definition) is 4. The van der Waals surface area contributed by atoms with Crippen LogP contribution < -0.4 is 4.90 Å². The number of rotatable bonds is 4. The van der Waals surface area contributed by atoms with E-state index in [1.165, 1.54) is 5.82 Å². The number of para-hydroxylation sites is 2. The number of hydrogen-bond donors (Lipinski definition) is 0. The number of aromatic nitrogens is 4. The molecule has 2 aromatic heterocycles. The summed E-state index contributed by atoms with van der Waals surface area (Å²) in [5, 5.41) is 0. The number of aryl methyl sites for hydroxylation is 2. The first-order chi connectivity index (χ1) is 11.2. The highest BCUT2D eigenvalue weighted by atomic mass is 15.3. The van der Waals surface area contributed by atoms with Crippen LogP contribution in [-0.2, 0) is 13.0 Å². The molecule has 1 aromatic carbocycles. The van der Waals surface area contributed by atoms with Gasteiger partial charge in [-0.05, 0) is 19.1 Å². The highest BCUT2D eigenvalue weighted by molar-refractivity contribution is 5.76. The first-order valence-electron chi connectivity index (χ1n) is 8.23. The Morgan fingerprint density at radius 1 is 1.13 bits per heavy atom. The molecule has 4 rings (SSSR count). The van der Waals surface area contributed by atoms with Crippen LogP contribution in [0, 0.1) is 12.8 Å². The van der Waals surface area contributed by atoms with E-state index >= 15 is 0 Å². The molecule has 0 unspecified atom stereocenters. The van der Waals surface area contributed by atoms with Crippen molar-refractivity contribution in [3.63, 3.8) is 0 Å². The van der Waals surface area contributed by atoms with E-state index in [1.807, 2.05) is 37.4 Å². The van der Waals surface area contributed by atoms with E-state index < -0.39 is 0 Å². The molecule has 3 aromatic rings. The molecule has 3 heterocycles. The zero-order valence-corrected chi connectivity index (χ0v) is 13.6. The predicted molar refractivity (Wildman–Crippen MR) is 91.6 cm³/mol. The van der Waals surface area contributed by atoms with Crippen LogP contribution in [0.5, 0.6) is 0 Å². The highest BCUT2D eigenvalue weighted by Crippen LogP contribution is 2.27. The van der Waals surface area contributed by atoms with Gasteiger partial charge in [-0.3, -0.25) is 0 Å². The Hall–Kier alpha value is -2.43. The smallest absolute Gasteiger partial charge is 0.150 e. The molecule has 0 aliphatic carbocycles. The second-order valence-electron chi connectivity index (χ2n) is 6.24. The third-order valence-electron chi connectivity index (χ3n) is 4.55. The van der Waals surface area contributed by atoms with Gasteiger partial charge in [0.1, 0.15) is 5.82 Å². The molecule has 1 aliphatic heterocycles. The van der Waals surface area contributed by atoms with Crippen molar-refractivity contribution in [2.75, 3.05) is 18.0 Å². The Kier molecular flexibility index (Phi) is 3.48. The zero-order chi connectivity index (χ0) is 15.8. The van der Waals surface area contributed by atoms with Gasteiger partial charge in [-0.2, -0.15) is 0 Å². The Labute approximate surface area is 136 Å². The van der Waals surface area contributed by atoms with Gasteiger partial charge < -0.3 is 9.47 Å². The summed E-state index contributed by atoms with van der Waals surface area (Å²) < 4.78 is 2.28. The minimum atomic E-state index is 0.655. The van der Waals surface area contributed by atoms with Crippen molar-refractivity contribution in [3.05, 3.63) is 48.2 Å². The minimum absolute atomic E-state index is 0.655. The number of nitrogens with zero attached hydrogens (tertiary/aromatic N) is 5. The maximum absolute atomic E-state index is 4.81. The molecule has 1 saturated heterocycles. The summed E-state index contributed by atoms with van der Waals surface area (Å²) in [6.45, 7) is 7.32. The average molecular weight is 307 g/mol. The van der Waals surface area contributed by atoms with Gasteiger partial charge >= 0.3 is 0 Å². The maximum atomic E-state index is 4.81. The van der Waals surface area contributed by atoms with Crippen molar-refractivity contribution in [1.82, 2.24) is 19.5 Å². The molecule has 0 radical (unpaired) electrons. The summed E-state index contributed by atoms with van der Waals surface area (Å²) >= 11 is 0. The van der Waals surface area contributed by atoms with Gasteiger partial charge in [-0.15, -0.1) is 0 Å². The van der Waals surface area contributed by atoms with E-state index in [1.54, 1.807) is 0 Å². The van der Waals surface area contributed by atoms with Crippen molar-refractivity contribution in [2.45, 2.75) is 26.8 Å². The lowest BCUT2D eigenvalue weighted by atomic mass is 9.99. The predicted octanol–water partition coefficient (Wildman–Crippen LogP) is 2.83. The molecule has 1 aliphatic rings. The fourth-order valence-electron chi connectivity index (χ4n) is 3.34. The van der Waals surface area contributed by atoms with Gasteiger partial charge in [0.05, 0.1) is 16.7 Å². The minimum Gasteiger partial charge on any atom is -0.354 e. The van der Waals surface area contributed by atoms with Crippen LogP contribution in [0.3, 0.4) is 0 Å². The topological polar surface area (TPSA) is 46.8 Å². The van der Waals surface area contributed by atoms with E-state index in [9.17, 15) is 0 Å². The van der Waals surface area contributed by atoms with Gasteiger partial charge in [0.15, 0.2) is 5.82 Å². The average Bonchev–Trinajstić information content (AvgIpc) is 2.97. The molecule has 0 bridgehead atoms. The van der Waals surface area contributed by atoms with Crippen molar-refractivity contribution in [1.29, 1.82) is 0 Å². The molecule has 118 valence electrons. The molecule has 5 heteroatoms. The Bertz CT molecular complexity index is 832. The number of benzene rings is 1. The maximum Gasteiger partial charge on any atom is 0.150 e. The van der Waals surface area contributed by atoms with Gasteiger partial charge in [0.25, 0.3) is 0 Å². The third kappa shape index (κ3) is 2.56. The molecule has 5 nitrogen and oxygen atoms in total. The summed E-state index contributed by atoms with van der Waals surface area (Å²) in [7, 11) is 0. The first-order valence-corrected chi connectivity index (χ1v) is 8.23. The molecular weight excluding hydrogens is 286 g/mol. The quantitative estimate of drug-likeness (QED) is 0.743. The third-order valence-corrected chi connectivity index (χ3v) is 4.55. The fourth-order valence-corrected chi connectivity index (χ4v) is 3.34. The standard InChI is InChI=1S/C18H21N5/c1-3-17-19-8-9-22(17)10-14-11-23(12-14)18-13(2)20-15-6-4-5-7-16(15)21-18/h4-9,14H,3,10-12H2,1-2H3. The highest BCUT2D eigenvalue weighted by Gasteiger charge is 2.29. The number of imidazole rings is 1. The molecule has 0 spiro atoms. The lowest BCUT2D eigenvalue weighted by Crippen LogP contribution is -2.49. The summed E-state index contributed by atoms with van der Waals surface area (Å²) in [5.74, 6) is 2.86. The van der Waals surface area contributed by atoms with Crippen molar-refractivity contribution in [2.24, 2.45) is 5.92 Å². The molecule has 1 fully saturated rings. The molecule has 23 heavy (non-hydrogen) atoms. The van der Waals surface area contributed by atoms with Crippen LogP contribution in [0.15, 0.2) is 36.7 Å². The Morgan fingerprint density at radius 2 is 1.87 bits per heavy atom. The molecular formula is C18H21N5. The van der Waals surface area contributed by atoms with Gasteiger partial charge in [0.2, 0.25) is 0 Å². The SMILES string of the molecule is CCc1nccn1CC1CN(c2nc3ccccc3nc2C)C1. The van der Waals surface area contributed by atoms with Crippen molar-refractivity contribution in [3.8, 4) is 0 Å². The molecule has 0 saturated carbocycles. The largest absolute Gasteiger partial charge is 0.354 e. The van der Waals surface area contributed by atoms with Gasteiger partial charge in [-0.1, -0.05) is 19.1 Å². The van der Waals surface area contributed by atoms with E-state index in [2.05, 4.69) is 32.6 Å². The summed E-state index contributed by atoms with van der Waals surface area (Å²) in [4.78, 5) is 16.2. The van der Waals surface area contributed by atoms with E-state index in [0.29, 0.717) is 5.92 Å². The van der Waals surface area contributed by atoms with E-state index in [0.717, 1.165) is 48.6 Å².